The van der Waals surface area contributed by atoms with Crippen molar-refractivity contribution in [3.05, 3.63) is 70.6 Å². The van der Waals surface area contributed by atoms with Gasteiger partial charge in [-0.2, -0.15) is 5.10 Å². The van der Waals surface area contributed by atoms with Crippen molar-refractivity contribution in [2.75, 3.05) is 5.32 Å². The number of benzene rings is 2. The van der Waals surface area contributed by atoms with Crippen LogP contribution in [0.25, 0.3) is 11.3 Å². The maximum Gasteiger partial charge on any atom is 0.228 e. The molecule has 0 saturated heterocycles. The third kappa shape index (κ3) is 3.63. The minimum Gasteiger partial charge on any atom is -0.322 e. The van der Waals surface area contributed by atoms with Crippen LogP contribution in [0, 0.1) is 5.82 Å². The van der Waals surface area contributed by atoms with Crippen molar-refractivity contribution in [3.63, 3.8) is 0 Å². The van der Waals surface area contributed by atoms with Gasteiger partial charge >= 0.3 is 0 Å². The van der Waals surface area contributed by atoms with E-state index < -0.39 is 0 Å². The van der Waals surface area contributed by atoms with Crippen LogP contribution in [0.5, 0.6) is 0 Å². The summed E-state index contributed by atoms with van der Waals surface area (Å²) in [6.07, 6.45) is 2.35. The Morgan fingerprint density at radius 2 is 1.85 bits per heavy atom. The highest BCUT2D eigenvalue weighted by molar-refractivity contribution is 6.30. The second kappa shape index (κ2) is 6.92. The SMILES string of the molecule is O=C(Cc1ccc(F)cc1)Nc1c(-c2ccc(Cl)cc2)n[nH]c1C1CC1. The summed E-state index contributed by atoms with van der Waals surface area (Å²) in [7, 11) is 0. The molecular formula is C20H17ClFN3O. The van der Waals surface area contributed by atoms with Gasteiger partial charge in [-0.15, -0.1) is 0 Å². The zero-order valence-corrected chi connectivity index (χ0v) is 14.7. The molecule has 0 unspecified atom stereocenters. The maximum absolute atomic E-state index is 13.0. The van der Waals surface area contributed by atoms with Crippen LogP contribution in [-0.2, 0) is 11.2 Å². The number of amides is 1. The van der Waals surface area contributed by atoms with Crippen molar-refractivity contribution in [2.45, 2.75) is 25.2 Å². The summed E-state index contributed by atoms with van der Waals surface area (Å²) in [6.45, 7) is 0. The van der Waals surface area contributed by atoms with Gasteiger partial charge in [-0.05, 0) is 42.7 Å². The molecule has 6 heteroatoms. The van der Waals surface area contributed by atoms with E-state index in [1.165, 1.54) is 12.1 Å². The predicted molar refractivity (Wildman–Crippen MR) is 99.7 cm³/mol. The summed E-state index contributed by atoms with van der Waals surface area (Å²) >= 11 is 5.97. The number of nitrogens with one attached hydrogen (secondary N) is 2. The molecule has 1 fully saturated rings. The molecule has 0 bridgehead atoms. The highest BCUT2D eigenvalue weighted by atomic mass is 35.5. The minimum atomic E-state index is -0.315. The van der Waals surface area contributed by atoms with Crippen LogP contribution in [0.2, 0.25) is 5.02 Å². The third-order valence-electron chi connectivity index (χ3n) is 4.44. The Kier molecular flexibility index (Phi) is 4.47. The molecule has 3 aromatic rings. The topological polar surface area (TPSA) is 57.8 Å². The highest BCUT2D eigenvalue weighted by Gasteiger charge is 2.30. The summed E-state index contributed by atoms with van der Waals surface area (Å²) in [6, 6.07) is 13.3. The van der Waals surface area contributed by atoms with E-state index in [1.54, 1.807) is 24.3 Å². The Morgan fingerprint density at radius 3 is 2.50 bits per heavy atom. The number of rotatable bonds is 5. The van der Waals surface area contributed by atoms with Crippen LogP contribution >= 0.6 is 11.6 Å². The second-order valence-electron chi connectivity index (χ2n) is 6.49. The molecule has 132 valence electrons. The van der Waals surface area contributed by atoms with E-state index >= 15 is 0 Å². The van der Waals surface area contributed by atoms with E-state index in [-0.39, 0.29) is 18.1 Å². The van der Waals surface area contributed by atoms with Crippen LogP contribution < -0.4 is 5.32 Å². The molecular weight excluding hydrogens is 353 g/mol. The summed E-state index contributed by atoms with van der Waals surface area (Å²) in [4.78, 5) is 12.5. The zero-order chi connectivity index (χ0) is 18.1. The Labute approximate surface area is 155 Å². The van der Waals surface area contributed by atoms with Gasteiger partial charge in [0.25, 0.3) is 0 Å². The van der Waals surface area contributed by atoms with Crippen LogP contribution in [0.15, 0.2) is 48.5 Å². The van der Waals surface area contributed by atoms with Gasteiger partial charge in [-0.25, -0.2) is 4.39 Å². The quantitative estimate of drug-likeness (QED) is 0.670. The first kappa shape index (κ1) is 16.8. The first-order valence-electron chi connectivity index (χ1n) is 8.48. The number of anilines is 1. The summed E-state index contributed by atoms with van der Waals surface area (Å²) in [5, 5.41) is 11.1. The van der Waals surface area contributed by atoms with Crippen molar-refractivity contribution < 1.29 is 9.18 Å². The Balaban J connectivity index is 1.59. The van der Waals surface area contributed by atoms with E-state index in [9.17, 15) is 9.18 Å². The standard InChI is InChI=1S/C20H17ClFN3O/c21-15-7-5-14(6-8-15)19-20(18(24-25-19)13-3-4-13)23-17(26)11-12-1-9-16(22)10-2-12/h1-2,5-10,13H,3-4,11H2,(H,23,26)(H,24,25). The van der Waals surface area contributed by atoms with E-state index in [2.05, 4.69) is 15.5 Å². The fraction of sp³-hybridized carbons (Fsp3) is 0.200. The van der Waals surface area contributed by atoms with Crippen LogP contribution in [0.4, 0.5) is 10.1 Å². The number of aromatic nitrogens is 2. The fourth-order valence-corrected chi connectivity index (χ4v) is 3.06. The number of H-pyrrole nitrogens is 1. The average molecular weight is 370 g/mol. The molecule has 1 aromatic heterocycles. The molecule has 2 N–H and O–H groups in total. The molecule has 1 aliphatic carbocycles. The number of carbonyl (C=O) groups excluding carboxylic acids is 1. The Hall–Kier alpha value is -2.66. The summed E-state index contributed by atoms with van der Waals surface area (Å²) in [5.41, 5.74) is 4.03. The van der Waals surface area contributed by atoms with Crippen LogP contribution in [0.3, 0.4) is 0 Å². The molecule has 4 nitrogen and oxygen atoms in total. The predicted octanol–water partition coefficient (Wildman–Crippen LogP) is 4.93. The van der Waals surface area contributed by atoms with Gasteiger partial charge in [-0.3, -0.25) is 9.89 Å². The molecule has 0 radical (unpaired) electrons. The molecule has 1 amide bonds. The van der Waals surface area contributed by atoms with Gasteiger partial charge in [0.15, 0.2) is 0 Å². The molecule has 0 atom stereocenters. The normalized spacial score (nSPS) is 13.6. The van der Waals surface area contributed by atoms with Crippen molar-refractivity contribution in [1.82, 2.24) is 10.2 Å². The zero-order valence-electron chi connectivity index (χ0n) is 13.9. The molecule has 1 saturated carbocycles. The van der Waals surface area contributed by atoms with E-state index in [4.69, 9.17) is 11.6 Å². The number of halogens is 2. The highest BCUT2D eigenvalue weighted by Crippen LogP contribution is 2.45. The van der Waals surface area contributed by atoms with Crippen molar-refractivity contribution >= 4 is 23.2 Å². The van der Waals surface area contributed by atoms with Crippen molar-refractivity contribution in [3.8, 4) is 11.3 Å². The monoisotopic (exact) mass is 369 g/mol. The molecule has 1 heterocycles. The first-order valence-corrected chi connectivity index (χ1v) is 8.86. The maximum atomic E-state index is 13.0. The van der Waals surface area contributed by atoms with Gasteiger partial charge in [0.2, 0.25) is 5.91 Å². The minimum absolute atomic E-state index is 0.157. The lowest BCUT2D eigenvalue weighted by molar-refractivity contribution is -0.115. The fourth-order valence-electron chi connectivity index (χ4n) is 2.94. The van der Waals surface area contributed by atoms with E-state index in [0.29, 0.717) is 16.6 Å². The molecule has 2 aromatic carbocycles. The van der Waals surface area contributed by atoms with Crippen molar-refractivity contribution in [1.29, 1.82) is 0 Å². The number of nitrogens with zero attached hydrogens (tertiary/aromatic N) is 1. The van der Waals surface area contributed by atoms with E-state index in [1.807, 2.05) is 12.1 Å². The lowest BCUT2D eigenvalue weighted by Gasteiger charge is -2.09. The van der Waals surface area contributed by atoms with Gasteiger partial charge in [0.1, 0.15) is 11.5 Å². The summed E-state index contributed by atoms with van der Waals surface area (Å²) in [5.74, 6) is -0.0650. The number of hydrogen-bond acceptors (Lipinski definition) is 2. The van der Waals surface area contributed by atoms with E-state index in [0.717, 1.165) is 35.3 Å². The van der Waals surface area contributed by atoms with Gasteiger partial charge in [0.05, 0.1) is 17.8 Å². The van der Waals surface area contributed by atoms with Crippen LogP contribution in [0.1, 0.15) is 30.0 Å². The lowest BCUT2D eigenvalue weighted by atomic mass is 10.1. The van der Waals surface area contributed by atoms with Gasteiger partial charge in [-0.1, -0.05) is 35.9 Å². The molecule has 26 heavy (non-hydrogen) atoms. The second-order valence-corrected chi connectivity index (χ2v) is 6.93. The van der Waals surface area contributed by atoms with Crippen molar-refractivity contribution in [2.24, 2.45) is 0 Å². The number of carbonyl (C=O) groups is 1. The van der Waals surface area contributed by atoms with Crippen LogP contribution in [-0.4, -0.2) is 16.1 Å². The van der Waals surface area contributed by atoms with Gasteiger partial charge < -0.3 is 5.32 Å². The molecule has 1 aliphatic rings. The number of hydrogen-bond donors (Lipinski definition) is 2. The lowest BCUT2D eigenvalue weighted by Crippen LogP contribution is -2.15. The third-order valence-corrected chi connectivity index (χ3v) is 4.69. The largest absolute Gasteiger partial charge is 0.322 e. The number of aromatic amines is 1. The smallest absolute Gasteiger partial charge is 0.228 e. The average Bonchev–Trinajstić information content (AvgIpc) is 3.39. The van der Waals surface area contributed by atoms with Gasteiger partial charge in [0, 0.05) is 16.5 Å². The first-order chi connectivity index (χ1) is 12.6. The Bertz CT molecular complexity index is 931. The Morgan fingerprint density at radius 1 is 1.15 bits per heavy atom. The molecule has 4 rings (SSSR count). The molecule has 0 spiro atoms. The molecule has 0 aliphatic heterocycles. The summed E-state index contributed by atoms with van der Waals surface area (Å²) < 4.78 is 13.0.